The van der Waals surface area contributed by atoms with E-state index in [0.29, 0.717) is 30.9 Å². The molecular weight excluding hydrogens is 404 g/mol. The van der Waals surface area contributed by atoms with Gasteiger partial charge in [0.15, 0.2) is 5.82 Å². The van der Waals surface area contributed by atoms with E-state index in [1.54, 1.807) is 19.5 Å². The van der Waals surface area contributed by atoms with Gasteiger partial charge in [0, 0.05) is 61.3 Å². The number of nitrogens with one attached hydrogen (secondary N) is 1. The van der Waals surface area contributed by atoms with Crippen molar-refractivity contribution in [1.82, 2.24) is 19.9 Å². The van der Waals surface area contributed by atoms with Gasteiger partial charge in [-0.1, -0.05) is 6.07 Å². The second-order valence-electron chi connectivity index (χ2n) is 8.06. The Balaban J connectivity index is 1.43. The largest absolute Gasteiger partial charge is 0.497 e. The molecule has 1 N–H and O–H groups in total. The number of amides is 2. The second-order valence-corrected chi connectivity index (χ2v) is 8.06. The zero-order valence-electron chi connectivity index (χ0n) is 18.1. The highest BCUT2D eigenvalue weighted by molar-refractivity contribution is 5.89. The van der Waals surface area contributed by atoms with Gasteiger partial charge < -0.3 is 19.9 Å². The molecule has 8 nitrogen and oxygen atoms in total. The lowest BCUT2D eigenvalue weighted by Gasteiger charge is -2.32. The minimum absolute atomic E-state index is 0.130. The minimum atomic E-state index is -0.130. The first kappa shape index (κ1) is 20.2. The summed E-state index contributed by atoms with van der Waals surface area (Å²) in [6, 6.07) is 11.1. The van der Waals surface area contributed by atoms with Crippen LogP contribution in [0.5, 0.6) is 5.75 Å². The van der Waals surface area contributed by atoms with Gasteiger partial charge in [-0.25, -0.2) is 14.8 Å². The Morgan fingerprint density at radius 2 is 1.88 bits per heavy atom. The van der Waals surface area contributed by atoms with E-state index in [4.69, 9.17) is 14.7 Å². The number of urea groups is 1. The average molecular weight is 431 g/mol. The molecule has 2 aromatic heterocycles. The molecule has 3 aromatic rings. The Bertz CT molecular complexity index is 1110. The lowest BCUT2D eigenvalue weighted by molar-refractivity contribution is 0.206. The first-order chi connectivity index (χ1) is 15.7. The first-order valence-corrected chi connectivity index (χ1v) is 11.0. The van der Waals surface area contributed by atoms with Gasteiger partial charge >= 0.3 is 6.03 Å². The second kappa shape index (κ2) is 8.82. The van der Waals surface area contributed by atoms with E-state index in [9.17, 15) is 4.79 Å². The van der Waals surface area contributed by atoms with Crippen molar-refractivity contribution >= 4 is 17.5 Å². The third kappa shape index (κ3) is 4.08. The summed E-state index contributed by atoms with van der Waals surface area (Å²) in [5, 5.41) is 2.99. The summed E-state index contributed by atoms with van der Waals surface area (Å²) >= 11 is 0. The van der Waals surface area contributed by atoms with Crippen molar-refractivity contribution in [2.75, 3.05) is 37.0 Å². The Morgan fingerprint density at radius 3 is 2.66 bits per heavy atom. The number of rotatable bonds is 4. The van der Waals surface area contributed by atoms with Crippen molar-refractivity contribution in [1.29, 1.82) is 0 Å². The Hall–Kier alpha value is -3.68. The van der Waals surface area contributed by atoms with Crippen molar-refractivity contribution in [3.63, 3.8) is 0 Å². The molecule has 1 fully saturated rings. The summed E-state index contributed by atoms with van der Waals surface area (Å²) in [6.07, 6.45) is 6.53. The fourth-order valence-corrected chi connectivity index (χ4v) is 4.29. The Labute approximate surface area is 187 Å². The molecule has 0 saturated carbocycles. The SMILES string of the molecule is COc1cccc(NC(=O)N2CCc3nc(-c4ccncc4)nc(N4CCCC4)c3C2)c1. The highest BCUT2D eigenvalue weighted by Gasteiger charge is 2.29. The van der Waals surface area contributed by atoms with Gasteiger partial charge in [-0.2, -0.15) is 0 Å². The van der Waals surface area contributed by atoms with E-state index in [1.165, 1.54) is 0 Å². The Kier molecular flexibility index (Phi) is 5.58. The smallest absolute Gasteiger partial charge is 0.322 e. The highest BCUT2D eigenvalue weighted by atomic mass is 16.5. The number of carbonyl (C=O) groups excluding carboxylic acids is 1. The molecule has 0 spiro atoms. The third-order valence-corrected chi connectivity index (χ3v) is 5.99. The first-order valence-electron chi connectivity index (χ1n) is 11.0. The zero-order chi connectivity index (χ0) is 21.9. The molecule has 0 unspecified atom stereocenters. The van der Waals surface area contributed by atoms with E-state index < -0.39 is 0 Å². The summed E-state index contributed by atoms with van der Waals surface area (Å²) in [7, 11) is 1.61. The number of carbonyl (C=O) groups is 1. The van der Waals surface area contributed by atoms with Crippen LogP contribution < -0.4 is 15.0 Å². The van der Waals surface area contributed by atoms with Crippen LogP contribution in [0.4, 0.5) is 16.3 Å². The number of anilines is 2. The molecule has 164 valence electrons. The van der Waals surface area contributed by atoms with Crippen LogP contribution in [-0.4, -0.2) is 52.6 Å². The normalized spacial score (nSPS) is 15.4. The van der Waals surface area contributed by atoms with Crippen LogP contribution in [0.25, 0.3) is 11.4 Å². The molecule has 0 radical (unpaired) electrons. The molecule has 2 aliphatic heterocycles. The quantitative estimate of drug-likeness (QED) is 0.679. The summed E-state index contributed by atoms with van der Waals surface area (Å²) in [4.78, 5) is 31.1. The number of methoxy groups -OCH3 is 1. The molecular formula is C24H26N6O2. The van der Waals surface area contributed by atoms with E-state index in [1.807, 2.05) is 41.3 Å². The van der Waals surface area contributed by atoms with Crippen molar-refractivity contribution in [3.8, 4) is 17.1 Å². The number of benzene rings is 1. The predicted octanol–water partition coefficient (Wildman–Crippen LogP) is 3.74. The summed E-state index contributed by atoms with van der Waals surface area (Å²) < 4.78 is 5.26. The molecule has 1 saturated heterocycles. The predicted molar refractivity (Wildman–Crippen MR) is 123 cm³/mol. The lowest BCUT2D eigenvalue weighted by Crippen LogP contribution is -2.40. The standard InChI is InChI=1S/C24H26N6O2/c1-32-19-6-4-5-18(15-19)26-24(31)30-14-9-21-20(16-30)23(29-12-2-3-13-29)28-22(27-21)17-7-10-25-11-8-17/h4-8,10-11,15H,2-3,9,12-14,16H2,1H3,(H,26,31). The van der Waals surface area contributed by atoms with Crippen LogP contribution in [0.1, 0.15) is 24.1 Å². The van der Waals surface area contributed by atoms with Crippen molar-refractivity contribution in [3.05, 3.63) is 60.0 Å². The third-order valence-electron chi connectivity index (χ3n) is 5.99. The number of hydrogen-bond acceptors (Lipinski definition) is 6. The van der Waals surface area contributed by atoms with Crippen LogP contribution in [0.2, 0.25) is 0 Å². The summed E-state index contributed by atoms with van der Waals surface area (Å²) in [5.74, 6) is 2.39. The van der Waals surface area contributed by atoms with Crippen LogP contribution in [0.15, 0.2) is 48.8 Å². The minimum Gasteiger partial charge on any atom is -0.497 e. The molecule has 0 bridgehead atoms. The van der Waals surface area contributed by atoms with Gasteiger partial charge in [0.1, 0.15) is 11.6 Å². The number of hydrogen-bond donors (Lipinski definition) is 1. The maximum absolute atomic E-state index is 13.0. The topological polar surface area (TPSA) is 83.5 Å². The number of nitrogens with zero attached hydrogens (tertiary/aromatic N) is 5. The fraction of sp³-hybridized carbons (Fsp3) is 0.333. The summed E-state index contributed by atoms with van der Waals surface area (Å²) in [5.41, 5.74) is 3.75. The number of ether oxygens (including phenoxy) is 1. The molecule has 8 heteroatoms. The van der Waals surface area contributed by atoms with Crippen molar-refractivity contribution in [2.24, 2.45) is 0 Å². The van der Waals surface area contributed by atoms with E-state index in [2.05, 4.69) is 15.2 Å². The van der Waals surface area contributed by atoms with E-state index >= 15 is 0 Å². The monoisotopic (exact) mass is 430 g/mol. The maximum Gasteiger partial charge on any atom is 0.322 e. The summed E-state index contributed by atoms with van der Waals surface area (Å²) in [6.45, 7) is 3.06. The molecule has 5 rings (SSSR count). The lowest BCUT2D eigenvalue weighted by atomic mass is 10.1. The van der Waals surface area contributed by atoms with Crippen LogP contribution >= 0.6 is 0 Å². The number of aromatic nitrogens is 3. The molecule has 1 aromatic carbocycles. The van der Waals surface area contributed by atoms with E-state index in [0.717, 1.165) is 54.4 Å². The fourth-order valence-electron chi connectivity index (χ4n) is 4.29. The van der Waals surface area contributed by atoms with Gasteiger partial charge in [0.05, 0.1) is 19.3 Å². The van der Waals surface area contributed by atoms with Crippen LogP contribution in [-0.2, 0) is 13.0 Å². The van der Waals surface area contributed by atoms with Crippen LogP contribution in [0.3, 0.4) is 0 Å². The molecule has 32 heavy (non-hydrogen) atoms. The molecule has 2 aliphatic rings. The molecule has 0 atom stereocenters. The maximum atomic E-state index is 13.0. The zero-order valence-corrected chi connectivity index (χ0v) is 18.1. The van der Waals surface area contributed by atoms with Crippen molar-refractivity contribution < 1.29 is 9.53 Å². The highest BCUT2D eigenvalue weighted by Crippen LogP contribution is 2.31. The molecule has 0 aliphatic carbocycles. The van der Waals surface area contributed by atoms with Gasteiger partial charge in [-0.15, -0.1) is 0 Å². The van der Waals surface area contributed by atoms with Gasteiger partial charge in [0.2, 0.25) is 0 Å². The van der Waals surface area contributed by atoms with Gasteiger partial charge in [-0.05, 0) is 37.1 Å². The van der Waals surface area contributed by atoms with Crippen LogP contribution in [0, 0.1) is 0 Å². The van der Waals surface area contributed by atoms with Crippen molar-refractivity contribution in [2.45, 2.75) is 25.8 Å². The molecule has 4 heterocycles. The number of pyridine rings is 1. The average Bonchev–Trinajstić information content (AvgIpc) is 3.38. The Morgan fingerprint density at radius 1 is 1.06 bits per heavy atom. The van der Waals surface area contributed by atoms with Gasteiger partial charge in [-0.3, -0.25) is 4.98 Å². The molecule has 2 amide bonds. The van der Waals surface area contributed by atoms with E-state index in [-0.39, 0.29) is 6.03 Å². The number of fused-ring (bicyclic) bond motifs is 1. The van der Waals surface area contributed by atoms with Gasteiger partial charge in [0.25, 0.3) is 0 Å².